The number of ether oxygens (including phenoxy) is 1. The number of aryl methyl sites for hydroxylation is 1. The van der Waals surface area contributed by atoms with Gasteiger partial charge in [0.05, 0.1) is 6.54 Å². The molecular weight excluding hydrogens is 318 g/mol. The van der Waals surface area contributed by atoms with E-state index in [0.29, 0.717) is 25.6 Å². The monoisotopic (exact) mass is 338 g/mol. The van der Waals surface area contributed by atoms with Crippen molar-refractivity contribution in [1.82, 2.24) is 25.4 Å². The van der Waals surface area contributed by atoms with Crippen molar-refractivity contribution >= 4 is 5.96 Å². The Hall–Kier alpha value is -2.71. The maximum Gasteiger partial charge on any atom is 0.191 e. The van der Waals surface area contributed by atoms with Gasteiger partial charge in [0.25, 0.3) is 0 Å². The maximum atomic E-state index is 13.1. The Morgan fingerprint density at radius 2 is 2.12 bits per heavy atom. The first-order valence-corrected chi connectivity index (χ1v) is 7.53. The number of halogens is 2. The van der Waals surface area contributed by atoms with Gasteiger partial charge in [-0.3, -0.25) is 4.68 Å². The molecule has 0 bridgehead atoms. The molecule has 1 aromatic carbocycles. The van der Waals surface area contributed by atoms with Crippen LogP contribution in [0.5, 0.6) is 5.75 Å². The quantitative estimate of drug-likeness (QED) is 0.451. The Morgan fingerprint density at radius 3 is 2.79 bits per heavy atom. The van der Waals surface area contributed by atoms with Gasteiger partial charge in [-0.2, -0.15) is 5.10 Å². The number of rotatable bonds is 7. The second-order valence-corrected chi connectivity index (χ2v) is 4.85. The van der Waals surface area contributed by atoms with Gasteiger partial charge >= 0.3 is 0 Å². The van der Waals surface area contributed by atoms with Crippen molar-refractivity contribution in [1.29, 1.82) is 0 Å². The van der Waals surface area contributed by atoms with E-state index in [9.17, 15) is 8.78 Å². The van der Waals surface area contributed by atoms with Crippen molar-refractivity contribution in [3.05, 3.63) is 42.0 Å². The van der Waals surface area contributed by atoms with Gasteiger partial charge in [-0.1, -0.05) is 0 Å². The van der Waals surface area contributed by atoms with Crippen molar-refractivity contribution in [3.63, 3.8) is 0 Å². The second-order valence-electron chi connectivity index (χ2n) is 4.85. The summed E-state index contributed by atoms with van der Waals surface area (Å²) in [7, 11) is 1.80. The fourth-order valence-corrected chi connectivity index (χ4v) is 1.86. The number of benzene rings is 1. The molecule has 1 heterocycles. The maximum absolute atomic E-state index is 13.1. The van der Waals surface area contributed by atoms with Gasteiger partial charge in [0.15, 0.2) is 17.6 Å². The SMILES string of the molecule is CCNC(=NCc1ncnn1C)NCCOc1ccc(F)c(F)c1. The molecule has 1 aromatic heterocycles. The normalized spacial score (nSPS) is 11.4. The van der Waals surface area contributed by atoms with Gasteiger partial charge in [-0.05, 0) is 19.1 Å². The first kappa shape index (κ1) is 17.6. The van der Waals surface area contributed by atoms with Crippen LogP contribution in [-0.2, 0) is 13.6 Å². The molecule has 0 aliphatic carbocycles. The summed E-state index contributed by atoms with van der Waals surface area (Å²) in [5, 5.41) is 10.2. The standard InChI is InChI=1S/C15H20F2N6O/c1-3-18-15(20-9-14-21-10-22-23(14)2)19-6-7-24-11-4-5-12(16)13(17)8-11/h4-5,8,10H,3,6-7,9H2,1-2H3,(H2,18,19,20). The topological polar surface area (TPSA) is 76.4 Å². The average molecular weight is 338 g/mol. The van der Waals surface area contributed by atoms with E-state index >= 15 is 0 Å². The van der Waals surface area contributed by atoms with Gasteiger partial charge in [0.1, 0.15) is 31.1 Å². The van der Waals surface area contributed by atoms with Crippen LogP contribution in [-0.4, -0.2) is 40.4 Å². The summed E-state index contributed by atoms with van der Waals surface area (Å²) in [4.78, 5) is 8.49. The molecular formula is C15H20F2N6O. The summed E-state index contributed by atoms with van der Waals surface area (Å²) < 4.78 is 32.9. The summed E-state index contributed by atoms with van der Waals surface area (Å²) in [6.07, 6.45) is 1.47. The molecule has 7 nitrogen and oxygen atoms in total. The molecule has 0 amide bonds. The highest BCUT2D eigenvalue weighted by Gasteiger charge is 2.04. The van der Waals surface area contributed by atoms with Crippen LogP contribution in [0.1, 0.15) is 12.7 Å². The van der Waals surface area contributed by atoms with Gasteiger partial charge in [0, 0.05) is 19.7 Å². The lowest BCUT2D eigenvalue weighted by Gasteiger charge is -2.12. The number of guanidine groups is 1. The summed E-state index contributed by atoms with van der Waals surface area (Å²) in [5.41, 5.74) is 0. The first-order chi connectivity index (χ1) is 11.6. The van der Waals surface area contributed by atoms with Gasteiger partial charge in [-0.25, -0.2) is 18.8 Å². The fraction of sp³-hybridized carbons (Fsp3) is 0.400. The van der Waals surface area contributed by atoms with E-state index in [4.69, 9.17) is 4.74 Å². The van der Waals surface area contributed by atoms with Crippen LogP contribution in [0.15, 0.2) is 29.5 Å². The molecule has 0 fully saturated rings. The average Bonchev–Trinajstić information content (AvgIpc) is 2.97. The summed E-state index contributed by atoms with van der Waals surface area (Å²) in [6, 6.07) is 3.43. The van der Waals surface area contributed by atoms with E-state index in [1.807, 2.05) is 6.92 Å². The molecule has 0 aliphatic heterocycles. The van der Waals surface area contributed by atoms with Crippen LogP contribution in [0.2, 0.25) is 0 Å². The van der Waals surface area contributed by atoms with Crippen LogP contribution in [0.4, 0.5) is 8.78 Å². The Balaban J connectivity index is 1.80. The summed E-state index contributed by atoms with van der Waals surface area (Å²) in [5.74, 6) is -0.207. The fourth-order valence-electron chi connectivity index (χ4n) is 1.86. The van der Waals surface area contributed by atoms with Crippen molar-refractivity contribution in [2.24, 2.45) is 12.0 Å². The van der Waals surface area contributed by atoms with E-state index in [1.54, 1.807) is 11.7 Å². The predicted octanol–water partition coefficient (Wildman–Crippen LogP) is 1.23. The third kappa shape index (κ3) is 5.18. The largest absolute Gasteiger partial charge is 0.492 e. The van der Waals surface area contributed by atoms with Crippen LogP contribution in [0, 0.1) is 11.6 Å². The first-order valence-electron chi connectivity index (χ1n) is 7.53. The zero-order valence-electron chi connectivity index (χ0n) is 13.6. The Morgan fingerprint density at radius 1 is 1.29 bits per heavy atom. The number of hydrogen-bond acceptors (Lipinski definition) is 4. The molecule has 0 radical (unpaired) electrons. The van der Waals surface area contributed by atoms with E-state index in [2.05, 4.69) is 25.7 Å². The molecule has 130 valence electrons. The minimum absolute atomic E-state index is 0.275. The van der Waals surface area contributed by atoms with Crippen molar-refractivity contribution in [2.45, 2.75) is 13.5 Å². The van der Waals surface area contributed by atoms with E-state index in [1.165, 1.54) is 12.4 Å². The number of aromatic nitrogens is 3. The van der Waals surface area contributed by atoms with Gasteiger partial charge < -0.3 is 15.4 Å². The molecule has 24 heavy (non-hydrogen) atoms. The van der Waals surface area contributed by atoms with E-state index in [0.717, 1.165) is 18.0 Å². The zero-order valence-corrected chi connectivity index (χ0v) is 13.6. The summed E-state index contributed by atoms with van der Waals surface area (Å²) >= 11 is 0. The molecule has 0 saturated heterocycles. The van der Waals surface area contributed by atoms with E-state index in [-0.39, 0.29) is 12.4 Å². The lowest BCUT2D eigenvalue weighted by Crippen LogP contribution is -2.39. The van der Waals surface area contributed by atoms with Crippen molar-refractivity contribution in [2.75, 3.05) is 19.7 Å². The molecule has 9 heteroatoms. The lowest BCUT2D eigenvalue weighted by atomic mass is 10.3. The summed E-state index contributed by atoms with van der Waals surface area (Å²) in [6.45, 7) is 3.77. The second kappa shape index (κ2) is 8.80. The zero-order chi connectivity index (χ0) is 17.4. The van der Waals surface area contributed by atoms with Crippen molar-refractivity contribution in [3.8, 4) is 5.75 Å². The molecule has 0 unspecified atom stereocenters. The Kier molecular flexibility index (Phi) is 6.47. The predicted molar refractivity (Wildman–Crippen MR) is 85.7 cm³/mol. The van der Waals surface area contributed by atoms with Gasteiger partial charge in [-0.15, -0.1) is 0 Å². The number of nitrogens with one attached hydrogen (secondary N) is 2. The lowest BCUT2D eigenvalue weighted by molar-refractivity contribution is 0.318. The minimum Gasteiger partial charge on any atom is -0.492 e. The van der Waals surface area contributed by atoms with Crippen LogP contribution < -0.4 is 15.4 Å². The number of hydrogen-bond donors (Lipinski definition) is 2. The highest BCUT2D eigenvalue weighted by atomic mass is 19.2. The molecule has 0 atom stereocenters. The number of aliphatic imine (C=N–C) groups is 1. The molecule has 2 rings (SSSR count). The Labute approximate surface area is 138 Å². The smallest absolute Gasteiger partial charge is 0.191 e. The Bertz CT molecular complexity index is 688. The highest BCUT2D eigenvalue weighted by Crippen LogP contribution is 2.14. The highest BCUT2D eigenvalue weighted by molar-refractivity contribution is 5.79. The molecule has 2 N–H and O–H groups in total. The number of nitrogens with zero attached hydrogens (tertiary/aromatic N) is 4. The van der Waals surface area contributed by atoms with Gasteiger partial charge in [0.2, 0.25) is 0 Å². The molecule has 2 aromatic rings. The van der Waals surface area contributed by atoms with Crippen LogP contribution >= 0.6 is 0 Å². The van der Waals surface area contributed by atoms with Crippen LogP contribution in [0.25, 0.3) is 0 Å². The molecule has 0 spiro atoms. The van der Waals surface area contributed by atoms with Crippen LogP contribution in [0.3, 0.4) is 0 Å². The minimum atomic E-state index is -0.931. The third-order valence-corrected chi connectivity index (χ3v) is 3.08. The molecule has 0 aliphatic rings. The van der Waals surface area contributed by atoms with E-state index < -0.39 is 11.6 Å². The third-order valence-electron chi connectivity index (χ3n) is 3.08. The van der Waals surface area contributed by atoms with Crippen molar-refractivity contribution < 1.29 is 13.5 Å². The molecule has 0 saturated carbocycles.